The Labute approximate surface area is 191 Å². The number of hydrogen-bond acceptors (Lipinski definition) is 4. The van der Waals surface area contributed by atoms with Gasteiger partial charge in [0.2, 0.25) is 0 Å². The lowest BCUT2D eigenvalue weighted by Crippen LogP contribution is -2.44. The fraction of sp³-hybridized carbons (Fsp3) is 0.619. The van der Waals surface area contributed by atoms with Crippen molar-refractivity contribution in [1.29, 1.82) is 0 Å². The molecule has 2 aromatic rings. The van der Waals surface area contributed by atoms with Gasteiger partial charge in [0.15, 0.2) is 5.96 Å². The number of guanidine groups is 1. The molecule has 1 saturated heterocycles. The molecule has 0 bridgehead atoms. The van der Waals surface area contributed by atoms with E-state index >= 15 is 0 Å². The quantitative estimate of drug-likeness (QED) is 0.244. The van der Waals surface area contributed by atoms with E-state index in [1.54, 1.807) is 6.26 Å². The summed E-state index contributed by atoms with van der Waals surface area (Å²) in [6, 6.07) is 6.40. The third-order valence-electron chi connectivity index (χ3n) is 5.33. The van der Waals surface area contributed by atoms with Crippen LogP contribution in [0.5, 0.6) is 0 Å². The number of piperidine rings is 1. The Bertz CT molecular complexity index is 736. The van der Waals surface area contributed by atoms with Crippen LogP contribution in [0.2, 0.25) is 0 Å². The number of furan rings is 1. The number of nitrogens with one attached hydrogen (secondary N) is 2. The average Bonchev–Trinajstić information content (AvgIpc) is 3.34. The third kappa shape index (κ3) is 7.02. The van der Waals surface area contributed by atoms with Crippen LogP contribution in [-0.4, -0.2) is 53.9 Å². The molecule has 1 aliphatic rings. The molecule has 29 heavy (non-hydrogen) atoms. The minimum atomic E-state index is 0. The van der Waals surface area contributed by atoms with Crippen molar-refractivity contribution in [3.63, 3.8) is 0 Å². The highest BCUT2D eigenvalue weighted by molar-refractivity contribution is 14.0. The van der Waals surface area contributed by atoms with Gasteiger partial charge in [-0.3, -0.25) is 14.6 Å². The SMILES string of the molecule is CN=C(NCCCn1nc(C)cc1C)NCC(c1ccco1)N1CCCCC1.I. The first-order valence-electron chi connectivity index (χ1n) is 10.4. The van der Waals surface area contributed by atoms with Gasteiger partial charge >= 0.3 is 0 Å². The number of nitrogens with zero attached hydrogens (tertiary/aromatic N) is 4. The molecule has 0 aliphatic carbocycles. The summed E-state index contributed by atoms with van der Waals surface area (Å²) in [7, 11) is 1.82. The van der Waals surface area contributed by atoms with Crippen LogP contribution in [0.15, 0.2) is 33.9 Å². The first-order chi connectivity index (χ1) is 13.7. The second kappa shape index (κ2) is 12.2. The van der Waals surface area contributed by atoms with Crippen LogP contribution >= 0.6 is 24.0 Å². The minimum absolute atomic E-state index is 0. The van der Waals surface area contributed by atoms with E-state index in [4.69, 9.17) is 4.42 Å². The van der Waals surface area contributed by atoms with Gasteiger partial charge in [-0.2, -0.15) is 5.10 Å². The van der Waals surface area contributed by atoms with Crippen LogP contribution in [0.1, 0.15) is 48.9 Å². The fourth-order valence-corrected chi connectivity index (χ4v) is 3.87. The van der Waals surface area contributed by atoms with Gasteiger partial charge in [-0.05, 0) is 64.4 Å². The summed E-state index contributed by atoms with van der Waals surface area (Å²) in [5.74, 6) is 1.86. The highest BCUT2D eigenvalue weighted by Gasteiger charge is 2.24. The van der Waals surface area contributed by atoms with E-state index in [-0.39, 0.29) is 30.0 Å². The Morgan fingerprint density at radius 1 is 1.24 bits per heavy atom. The number of hydrogen-bond donors (Lipinski definition) is 2. The molecule has 0 saturated carbocycles. The van der Waals surface area contributed by atoms with Crippen molar-refractivity contribution in [2.75, 3.05) is 33.2 Å². The normalized spacial score (nSPS) is 16.3. The fourth-order valence-electron chi connectivity index (χ4n) is 3.87. The molecule has 1 atom stereocenters. The van der Waals surface area contributed by atoms with Gasteiger partial charge in [-0.1, -0.05) is 6.42 Å². The monoisotopic (exact) mass is 514 g/mol. The van der Waals surface area contributed by atoms with Crippen LogP contribution in [0.4, 0.5) is 0 Å². The molecule has 2 N–H and O–H groups in total. The van der Waals surface area contributed by atoms with Crippen molar-refractivity contribution in [1.82, 2.24) is 25.3 Å². The molecule has 3 heterocycles. The number of halogens is 1. The molecule has 0 spiro atoms. The lowest BCUT2D eigenvalue weighted by molar-refractivity contribution is 0.146. The molecule has 2 aromatic heterocycles. The zero-order valence-electron chi connectivity index (χ0n) is 17.9. The molecule has 1 fully saturated rings. The Balaban J connectivity index is 0.00000300. The molecule has 162 valence electrons. The van der Waals surface area contributed by atoms with E-state index in [9.17, 15) is 0 Å². The molecule has 3 rings (SSSR count). The maximum Gasteiger partial charge on any atom is 0.191 e. The van der Waals surface area contributed by atoms with E-state index in [0.717, 1.165) is 56.6 Å². The number of rotatable bonds is 8. The molecule has 1 unspecified atom stereocenters. The average molecular weight is 514 g/mol. The molecular weight excluding hydrogens is 479 g/mol. The number of aromatic nitrogens is 2. The lowest BCUT2D eigenvalue weighted by Gasteiger charge is -2.33. The van der Waals surface area contributed by atoms with Crippen molar-refractivity contribution in [3.05, 3.63) is 41.6 Å². The Hall–Kier alpha value is -1.55. The highest BCUT2D eigenvalue weighted by atomic mass is 127. The Morgan fingerprint density at radius 2 is 2.03 bits per heavy atom. The highest BCUT2D eigenvalue weighted by Crippen LogP contribution is 2.24. The number of aryl methyl sites for hydroxylation is 3. The molecular formula is C21H35IN6O. The second-order valence-electron chi connectivity index (χ2n) is 7.51. The van der Waals surface area contributed by atoms with Gasteiger partial charge < -0.3 is 15.1 Å². The van der Waals surface area contributed by atoms with Crippen LogP contribution in [-0.2, 0) is 6.54 Å². The lowest BCUT2D eigenvalue weighted by atomic mass is 10.1. The van der Waals surface area contributed by atoms with Gasteiger partial charge in [0.05, 0.1) is 18.0 Å². The van der Waals surface area contributed by atoms with Crippen LogP contribution in [0.25, 0.3) is 0 Å². The first kappa shape index (κ1) is 23.7. The van der Waals surface area contributed by atoms with E-state index in [1.165, 1.54) is 25.0 Å². The molecule has 0 aromatic carbocycles. The molecule has 1 aliphatic heterocycles. The van der Waals surface area contributed by atoms with Crippen LogP contribution in [0, 0.1) is 13.8 Å². The molecule has 7 nitrogen and oxygen atoms in total. The topological polar surface area (TPSA) is 70.6 Å². The standard InChI is InChI=1S/C21H34N6O.HI/c1-17-15-18(2)27(25-17)13-8-10-23-21(22-3)24-16-19(20-9-7-14-28-20)26-11-5-4-6-12-26;/h7,9,14-15,19H,4-6,8,10-13,16H2,1-3H3,(H2,22,23,24);1H. The zero-order chi connectivity index (χ0) is 19.8. The minimum Gasteiger partial charge on any atom is -0.468 e. The first-order valence-corrected chi connectivity index (χ1v) is 10.4. The summed E-state index contributed by atoms with van der Waals surface area (Å²) in [4.78, 5) is 6.89. The van der Waals surface area contributed by atoms with E-state index < -0.39 is 0 Å². The van der Waals surface area contributed by atoms with Crippen molar-refractivity contribution in [2.45, 2.75) is 52.1 Å². The van der Waals surface area contributed by atoms with Crippen LogP contribution in [0.3, 0.4) is 0 Å². The largest absolute Gasteiger partial charge is 0.468 e. The third-order valence-corrected chi connectivity index (χ3v) is 5.33. The number of likely N-dealkylation sites (tertiary alicyclic amines) is 1. The summed E-state index contributed by atoms with van der Waals surface area (Å²) in [6.45, 7) is 8.93. The van der Waals surface area contributed by atoms with Gasteiger partial charge in [0.1, 0.15) is 5.76 Å². The van der Waals surface area contributed by atoms with Gasteiger partial charge in [0.25, 0.3) is 0 Å². The van der Waals surface area contributed by atoms with Gasteiger partial charge in [-0.25, -0.2) is 0 Å². The van der Waals surface area contributed by atoms with E-state index in [2.05, 4.69) is 49.4 Å². The van der Waals surface area contributed by atoms with Crippen molar-refractivity contribution >= 4 is 29.9 Å². The summed E-state index contributed by atoms with van der Waals surface area (Å²) < 4.78 is 7.79. The summed E-state index contributed by atoms with van der Waals surface area (Å²) in [6.07, 6.45) is 6.61. The maximum atomic E-state index is 5.72. The molecule has 0 amide bonds. The van der Waals surface area contributed by atoms with Crippen molar-refractivity contribution in [3.8, 4) is 0 Å². The Kier molecular flexibility index (Phi) is 9.99. The van der Waals surface area contributed by atoms with Crippen LogP contribution < -0.4 is 10.6 Å². The summed E-state index contributed by atoms with van der Waals surface area (Å²) >= 11 is 0. The smallest absolute Gasteiger partial charge is 0.191 e. The summed E-state index contributed by atoms with van der Waals surface area (Å²) in [5, 5.41) is 11.4. The molecule has 8 heteroatoms. The second-order valence-corrected chi connectivity index (χ2v) is 7.51. The predicted octanol–water partition coefficient (Wildman–Crippen LogP) is 3.49. The van der Waals surface area contributed by atoms with E-state index in [0.29, 0.717) is 0 Å². The van der Waals surface area contributed by atoms with E-state index in [1.807, 2.05) is 20.0 Å². The number of aliphatic imine (C=N–C) groups is 1. The zero-order valence-corrected chi connectivity index (χ0v) is 20.2. The summed E-state index contributed by atoms with van der Waals surface area (Å²) in [5.41, 5.74) is 2.28. The maximum absolute atomic E-state index is 5.72. The van der Waals surface area contributed by atoms with Crippen molar-refractivity contribution in [2.24, 2.45) is 4.99 Å². The van der Waals surface area contributed by atoms with Crippen molar-refractivity contribution < 1.29 is 4.42 Å². The predicted molar refractivity (Wildman–Crippen MR) is 128 cm³/mol. The van der Waals surface area contributed by atoms with Gasteiger partial charge in [-0.15, -0.1) is 24.0 Å². The van der Waals surface area contributed by atoms with Gasteiger partial charge in [0, 0.05) is 32.4 Å². The Morgan fingerprint density at radius 3 is 2.66 bits per heavy atom. The molecule has 0 radical (unpaired) electrons.